The molecule has 132 valence electrons. The molecule has 1 aliphatic heterocycles. The van der Waals surface area contributed by atoms with Crippen LogP contribution in [0.15, 0.2) is 42.7 Å². The number of non-ortho nitro benzene ring substituents is 1. The second kappa shape index (κ2) is 6.76. The van der Waals surface area contributed by atoms with Gasteiger partial charge in [-0.1, -0.05) is 0 Å². The number of aromatic nitrogens is 4. The summed E-state index contributed by atoms with van der Waals surface area (Å²) < 4.78 is 18.0. The maximum atomic E-state index is 11.1. The van der Waals surface area contributed by atoms with E-state index < -0.39 is 4.92 Å². The van der Waals surface area contributed by atoms with Crippen molar-refractivity contribution in [3.63, 3.8) is 0 Å². The van der Waals surface area contributed by atoms with Gasteiger partial charge in [0.15, 0.2) is 6.79 Å². The molecular formula is C16H13N5O5. The fourth-order valence-electron chi connectivity index (χ4n) is 2.63. The Kier molecular flexibility index (Phi) is 4.15. The minimum absolute atomic E-state index is 0.0227. The van der Waals surface area contributed by atoms with Crippen LogP contribution >= 0.6 is 0 Å². The van der Waals surface area contributed by atoms with Crippen LogP contribution in [0, 0.1) is 10.1 Å². The quantitative estimate of drug-likeness (QED) is 0.504. The molecule has 2 heterocycles. The molecular weight excluding hydrogens is 342 g/mol. The van der Waals surface area contributed by atoms with E-state index in [9.17, 15) is 10.1 Å². The van der Waals surface area contributed by atoms with E-state index in [1.807, 2.05) is 0 Å². The fourth-order valence-corrected chi connectivity index (χ4v) is 2.63. The third kappa shape index (κ3) is 3.17. The van der Waals surface area contributed by atoms with Crippen molar-refractivity contribution < 1.29 is 19.1 Å². The average molecular weight is 355 g/mol. The number of hydrogen-bond donors (Lipinski definition) is 0. The first-order valence-corrected chi connectivity index (χ1v) is 7.67. The van der Waals surface area contributed by atoms with Gasteiger partial charge in [0.2, 0.25) is 0 Å². The molecule has 0 spiro atoms. The molecule has 1 aliphatic rings. The number of rotatable bonds is 5. The predicted molar refractivity (Wildman–Crippen MR) is 86.9 cm³/mol. The summed E-state index contributed by atoms with van der Waals surface area (Å²) in [5, 5.41) is 22.1. The van der Waals surface area contributed by atoms with Gasteiger partial charge in [0.1, 0.15) is 24.4 Å². The maximum absolute atomic E-state index is 11.1. The van der Waals surface area contributed by atoms with E-state index in [0.29, 0.717) is 22.6 Å². The summed E-state index contributed by atoms with van der Waals surface area (Å²) in [6.07, 6.45) is 1.49. The Labute approximate surface area is 147 Å². The normalized spacial score (nSPS) is 12.9. The number of fused-ring (bicyclic) bond motifs is 1. The van der Waals surface area contributed by atoms with Crippen molar-refractivity contribution in [2.24, 2.45) is 0 Å². The van der Waals surface area contributed by atoms with Crippen molar-refractivity contribution in [2.75, 3.05) is 6.79 Å². The third-order valence-electron chi connectivity index (χ3n) is 3.83. The van der Waals surface area contributed by atoms with Gasteiger partial charge in [0, 0.05) is 23.3 Å². The predicted octanol–water partition coefficient (Wildman–Crippen LogP) is 2.02. The van der Waals surface area contributed by atoms with Crippen molar-refractivity contribution in [2.45, 2.75) is 13.2 Å². The Morgan fingerprint density at radius 1 is 1.27 bits per heavy atom. The second-order valence-corrected chi connectivity index (χ2v) is 5.50. The number of benzene rings is 2. The van der Waals surface area contributed by atoms with E-state index in [0.717, 1.165) is 5.69 Å². The summed E-state index contributed by atoms with van der Waals surface area (Å²) in [6, 6.07) is 10.1. The van der Waals surface area contributed by atoms with Gasteiger partial charge in [-0.15, -0.1) is 5.10 Å². The lowest BCUT2D eigenvalue weighted by atomic mass is 10.1. The molecule has 0 aliphatic carbocycles. The Hall–Kier alpha value is -3.53. The molecule has 3 aromatic rings. The summed E-state index contributed by atoms with van der Waals surface area (Å²) in [7, 11) is 0. The molecule has 0 fully saturated rings. The number of ether oxygens (including phenoxy) is 3. The molecule has 10 heteroatoms. The molecule has 4 rings (SSSR count). The van der Waals surface area contributed by atoms with Crippen LogP contribution in [0.2, 0.25) is 0 Å². The number of tetrazole rings is 1. The van der Waals surface area contributed by atoms with E-state index in [1.54, 1.807) is 24.3 Å². The number of nitrogens with zero attached hydrogens (tertiary/aromatic N) is 5. The number of nitro groups is 1. The highest BCUT2D eigenvalue weighted by Gasteiger charge is 2.21. The highest BCUT2D eigenvalue weighted by molar-refractivity contribution is 5.50. The van der Waals surface area contributed by atoms with Crippen LogP contribution in [-0.4, -0.2) is 31.9 Å². The van der Waals surface area contributed by atoms with Crippen molar-refractivity contribution in [3.05, 3.63) is 64.0 Å². The molecule has 0 atom stereocenters. The maximum Gasteiger partial charge on any atom is 0.270 e. The van der Waals surface area contributed by atoms with Crippen LogP contribution in [0.25, 0.3) is 5.69 Å². The lowest BCUT2D eigenvalue weighted by Crippen LogP contribution is -2.14. The summed E-state index contributed by atoms with van der Waals surface area (Å²) >= 11 is 0. The van der Waals surface area contributed by atoms with E-state index in [-0.39, 0.29) is 25.7 Å². The first-order chi connectivity index (χ1) is 12.7. The van der Waals surface area contributed by atoms with Gasteiger partial charge >= 0.3 is 0 Å². The molecule has 2 aromatic carbocycles. The summed E-state index contributed by atoms with van der Waals surface area (Å²) in [4.78, 5) is 10.7. The highest BCUT2D eigenvalue weighted by atomic mass is 16.7. The summed E-state index contributed by atoms with van der Waals surface area (Å²) in [5.41, 5.74) is 2.00. The van der Waals surface area contributed by atoms with Crippen molar-refractivity contribution in [1.82, 2.24) is 20.2 Å². The molecule has 0 N–H and O–H groups in total. The average Bonchev–Trinajstić information content (AvgIpc) is 3.21. The molecule has 0 saturated carbocycles. The Morgan fingerprint density at radius 3 is 2.85 bits per heavy atom. The largest absolute Gasteiger partial charge is 0.489 e. The first-order valence-electron chi connectivity index (χ1n) is 7.67. The van der Waals surface area contributed by atoms with Crippen LogP contribution in [0.1, 0.15) is 11.1 Å². The Morgan fingerprint density at radius 2 is 2.12 bits per heavy atom. The minimum atomic E-state index is -0.445. The van der Waals surface area contributed by atoms with Gasteiger partial charge in [0.25, 0.3) is 5.69 Å². The van der Waals surface area contributed by atoms with E-state index in [2.05, 4.69) is 15.5 Å². The van der Waals surface area contributed by atoms with E-state index in [1.165, 1.54) is 23.1 Å². The van der Waals surface area contributed by atoms with Gasteiger partial charge in [-0.2, -0.15) is 0 Å². The molecule has 1 aromatic heterocycles. The number of hydrogen-bond acceptors (Lipinski definition) is 8. The first kappa shape index (κ1) is 16.0. The van der Waals surface area contributed by atoms with E-state index in [4.69, 9.17) is 14.2 Å². The van der Waals surface area contributed by atoms with Crippen molar-refractivity contribution in [1.29, 1.82) is 0 Å². The van der Waals surface area contributed by atoms with Crippen molar-refractivity contribution in [3.8, 4) is 17.2 Å². The standard InChI is InChI=1S/C16H13N5O5/c22-21(23)14-5-11-7-24-10-26-16(11)12(6-14)8-25-15-3-1-13(2-4-15)20-9-17-18-19-20/h1-6,9H,7-8,10H2. The van der Waals surface area contributed by atoms with Crippen LogP contribution in [0.4, 0.5) is 5.69 Å². The SMILES string of the molecule is O=[N+]([O-])c1cc2c(c(COc3ccc(-n4cnnn4)cc3)c1)OCOC2. The topological polar surface area (TPSA) is 114 Å². The molecule has 26 heavy (non-hydrogen) atoms. The fraction of sp³-hybridized carbons (Fsp3) is 0.188. The van der Waals surface area contributed by atoms with Gasteiger partial charge in [0.05, 0.1) is 17.2 Å². The zero-order chi connectivity index (χ0) is 17.9. The number of nitro benzene ring substituents is 1. The van der Waals surface area contributed by atoms with Crippen LogP contribution in [0.5, 0.6) is 11.5 Å². The second-order valence-electron chi connectivity index (χ2n) is 5.50. The summed E-state index contributed by atoms with van der Waals surface area (Å²) in [5.74, 6) is 1.18. The Bertz CT molecular complexity index is 927. The third-order valence-corrected chi connectivity index (χ3v) is 3.83. The summed E-state index contributed by atoms with van der Waals surface area (Å²) in [6.45, 7) is 0.511. The smallest absolute Gasteiger partial charge is 0.270 e. The van der Waals surface area contributed by atoms with Crippen LogP contribution in [-0.2, 0) is 18.0 Å². The zero-order valence-corrected chi connectivity index (χ0v) is 13.4. The molecule has 10 nitrogen and oxygen atoms in total. The van der Waals surface area contributed by atoms with Crippen LogP contribution in [0.3, 0.4) is 0 Å². The van der Waals surface area contributed by atoms with E-state index >= 15 is 0 Å². The van der Waals surface area contributed by atoms with Gasteiger partial charge in [-0.25, -0.2) is 4.68 Å². The van der Waals surface area contributed by atoms with Crippen molar-refractivity contribution >= 4 is 5.69 Å². The lowest BCUT2D eigenvalue weighted by molar-refractivity contribution is -0.385. The van der Waals surface area contributed by atoms with Gasteiger partial charge in [-0.05, 0) is 34.7 Å². The van der Waals surface area contributed by atoms with Gasteiger partial charge < -0.3 is 14.2 Å². The molecule has 0 unspecified atom stereocenters. The minimum Gasteiger partial charge on any atom is -0.489 e. The lowest BCUT2D eigenvalue weighted by Gasteiger charge is -2.20. The molecule has 0 amide bonds. The zero-order valence-electron chi connectivity index (χ0n) is 13.4. The molecule has 0 saturated heterocycles. The molecule has 0 bridgehead atoms. The molecule has 0 radical (unpaired) electrons. The van der Waals surface area contributed by atoms with Gasteiger partial charge in [-0.3, -0.25) is 10.1 Å². The van der Waals surface area contributed by atoms with Crippen LogP contribution < -0.4 is 9.47 Å². The Balaban J connectivity index is 1.54. The monoisotopic (exact) mass is 355 g/mol. The highest BCUT2D eigenvalue weighted by Crippen LogP contribution is 2.33.